The zero-order chi connectivity index (χ0) is 7.07. The summed E-state index contributed by atoms with van der Waals surface area (Å²) in [6, 6.07) is 3.71. The third-order valence-corrected chi connectivity index (χ3v) is 1.03. The van der Waals surface area contributed by atoms with Crippen LogP contribution < -0.4 is 0 Å². The van der Waals surface area contributed by atoms with Gasteiger partial charge in [0.05, 0.1) is 0 Å². The average Bonchev–Trinajstić information content (AvgIpc) is 2.67. The molecule has 0 radical (unpaired) electrons. The van der Waals surface area contributed by atoms with Crippen LogP contribution in [-0.2, 0) is 26.2 Å². The number of hydrogen-bond acceptors (Lipinski definition) is 0. The summed E-state index contributed by atoms with van der Waals surface area (Å²) in [4.78, 5) is 2.74. The van der Waals surface area contributed by atoms with E-state index in [0.717, 1.165) is 6.42 Å². The molecule has 1 aromatic heterocycles. The molecule has 0 fully saturated rings. The zero-order valence-electron chi connectivity index (χ0n) is 14.0. The number of nitrogens with one attached hydrogen (secondary N) is 1. The molecule has 0 saturated heterocycles. The van der Waals surface area contributed by atoms with Crippen LogP contribution in [0.4, 0.5) is 0 Å². The number of aromatic nitrogens is 1. The summed E-state index contributed by atoms with van der Waals surface area (Å²) in [7, 11) is 0. The van der Waals surface area contributed by atoms with Gasteiger partial charge in [0.1, 0.15) is 0 Å². The van der Waals surface area contributed by atoms with E-state index in [0.29, 0.717) is 0 Å². The maximum Gasteiger partial charge on any atom is 0 e. The van der Waals surface area contributed by atoms with Crippen LogP contribution >= 0.6 is 24.8 Å². The Morgan fingerprint density at radius 1 is 0.850 bits per heavy atom. The van der Waals surface area contributed by atoms with Crippen molar-refractivity contribution in [3.8, 4) is 0 Å². The van der Waals surface area contributed by atoms with Crippen molar-refractivity contribution in [1.82, 2.24) is 4.98 Å². The molecule has 0 bridgehead atoms. The van der Waals surface area contributed by atoms with E-state index in [9.17, 15) is 0 Å². The second-order valence-corrected chi connectivity index (χ2v) is 1.82. The van der Waals surface area contributed by atoms with Gasteiger partial charge in [0.2, 0.25) is 0 Å². The molecule has 1 aromatic rings. The molecule has 0 spiro atoms. The quantitative estimate of drug-likeness (QED) is 0.506. The van der Waals surface area contributed by atoms with Gasteiger partial charge in [0.15, 0.2) is 0 Å². The second-order valence-electron chi connectivity index (χ2n) is 1.82. The molecule has 2 rings (SSSR count). The predicted octanol–water partition coefficient (Wildman–Crippen LogP) is 6.11. The minimum atomic E-state index is 0. The van der Waals surface area contributed by atoms with E-state index in [1.54, 1.807) is 0 Å². The largest absolute Gasteiger partial charge is 0.484 e. The number of halogens is 2. The van der Waals surface area contributed by atoms with Crippen molar-refractivity contribution in [2.24, 2.45) is 0 Å². The summed E-state index contributed by atoms with van der Waals surface area (Å²) < 4.78 is 0. The maximum absolute atomic E-state index is 2.99. The SMILES string of the molecule is Cl.Cl.[C-]1=CC=CC1.[CH3-].[CH3-].[CH3-].[CH3-].[CH3-].[CH3-].[CH3-].[Zr].[c-]1ccc[nH]1. The number of rotatable bonds is 0. The summed E-state index contributed by atoms with van der Waals surface area (Å²) in [5, 5.41) is 0. The molecule has 0 amide bonds. The number of allylic oxidation sites excluding steroid dienone is 4. The van der Waals surface area contributed by atoms with Crippen LogP contribution in [0.5, 0.6) is 0 Å². The number of H-pyrrole nitrogens is 1. The van der Waals surface area contributed by atoms with Crippen molar-refractivity contribution in [1.29, 1.82) is 0 Å². The Labute approximate surface area is 162 Å². The van der Waals surface area contributed by atoms with Crippen LogP contribution in [0, 0.1) is 64.3 Å². The normalized spacial score (nSPS) is 6.40. The molecule has 1 N–H and O–H groups in total. The second kappa shape index (κ2) is 61.1. The van der Waals surface area contributed by atoms with Crippen LogP contribution in [0.1, 0.15) is 6.42 Å². The van der Waals surface area contributed by atoms with Gasteiger partial charge in [-0.25, -0.2) is 12.2 Å². The summed E-state index contributed by atoms with van der Waals surface area (Å²) in [5.41, 5.74) is 0. The van der Waals surface area contributed by atoms with E-state index in [4.69, 9.17) is 0 Å². The Hall–Kier alpha value is 0.223. The maximum atomic E-state index is 2.99. The van der Waals surface area contributed by atoms with E-state index in [1.165, 1.54) is 0 Å². The molecular formula is C16H32Cl2NZr-9. The minimum Gasteiger partial charge on any atom is -0.484 e. The molecule has 1 aliphatic carbocycles. The van der Waals surface area contributed by atoms with Crippen molar-refractivity contribution in [2.75, 3.05) is 0 Å². The predicted molar refractivity (Wildman–Crippen MR) is 101 cm³/mol. The average molecular weight is 401 g/mol. The van der Waals surface area contributed by atoms with Crippen LogP contribution in [0.3, 0.4) is 0 Å². The van der Waals surface area contributed by atoms with E-state index in [-0.39, 0.29) is 103 Å². The van der Waals surface area contributed by atoms with E-state index >= 15 is 0 Å². The Balaban J connectivity index is -0.00000000833. The molecule has 128 valence electrons. The molecule has 4 heteroatoms. The number of hydrogen-bond donors (Lipinski definition) is 1. The van der Waals surface area contributed by atoms with Crippen LogP contribution in [-0.4, -0.2) is 4.98 Å². The standard InChI is InChI=1S/C5H5.C4H4N.7CH3.2ClH.Zr/c2*1-2-4-5-3-1;;;;;;;;;;/h1-3H,4H2;1-3,5H;7*1H3;2*1H;/q9*-1;;;. The summed E-state index contributed by atoms with van der Waals surface area (Å²) in [6.07, 6.45) is 14.6. The Morgan fingerprint density at radius 2 is 1.35 bits per heavy atom. The number of aromatic amines is 1. The molecule has 1 aliphatic rings. The van der Waals surface area contributed by atoms with Gasteiger partial charge < -0.3 is 57.0 Å². The first-order valence-electron chi connectivity index (χ1n) is 3.21. The molecule has 1 nitrogen and oxygen atoms in total. The Morgan fingerprint density at radius 3 is 1.45 bits per heavy atom. The Kier molecular flexibility index (Phi) is 218. The molecule has 1 heterocycles. The van der Waals surface area contributed by atoms with Crippen LogP contribution in [0.2, 0.25) is 0 Å². The monoisotopic (exact) mass is 398 g/mol. The third-order valence-electron chi connectivity index (χ3n) is 1.03. The summed E-state index contributed by atoms with van der Waals surface area (Å²) in [6.45, 7) is 0. The van der Waals surface area contributed by atoms with Gasteiger partial charge in [-0.15, -0.1) is 37.4 Å². The van der Waals surface area contributed by atoms with Crippen molar-refractivity contribution in [3.63, 3.8) is 0 Å². The smallest absolute Gasteiger partial charge is 0 e. The van der Waals surface area contributed by atoms with Crippen molar-refractivity contribution in [3.05, 3.63) is 101 Å². The van der Waals surface area contributed by atoms with Gasteiger partial charge in [-0.2, -0.15) is 24.4 Å². The Bertz CT molecular complexity index is 183. The van der Waals surface area contributed by atoms with Gasteiger partial charge in [0.25, 0.3) is 0 Å². The molecule has 20 heavy (non-hydrogen) atoms. The van der Waals surface area contributed by atoms with Crippen LogP contribution in [0.25, 0.3) is 0 Å². The first-order valence-corrected chi connectivity index (χ1v) is 3.21. The molecule has 0 aromatic carbocycles. The molecule has 0 atom stereocenters. The van der Waals surface area contributed by atoms with Crippen molar-refractivity contribution >= 4 is 24.8 Å². The van der Waals surface area contributed by atoms with E-state index in [1.807, 2.05) is 30.5 Å². The first kappa shape index (κ1) is 71.5. The fraction of sp³-hybridized carbons (Fsp3) is 0.0625. The minimum absolute atomic E-state index is 0. The molecule has 0 saturated carbocycles. The van der Waals surface area contributed by atoms with Gasteiger partial charge in [0, 0.05) is 26.2 Å². The van der Waals surface area contributed by atoms with Crippen molar-refractivity contribution in [2.45, 2.75) is 6.42 Å². The molecular weight excluding hydrogens is 368 g/mol. The summed E-state index contributed by atoms with van der Waals surface area (Å²) >= 11 is 0. The fourth-order valence-corrected chi connectivity index (χ4v) is 0.581. The van der Waals surface area contributed by atoms with Crippen LogP contribution in [0.15, 0.2) is 36.6 Å². The van der Waals surface area contributed by atoms with Crippen molar-refractivity contribution < 1.29 is 26.2 Å². The van der Waals surface area contributed by atoms with Gasteiger partial charge in [-0.05, 0) is 0 Å². The van der Waals surface area contributed by atoms with E-state index in [2.05, 4.69) is 23.3 Å². The van der Waals surface area contributed by atoms with E-state index < -0.39 is 0 Å². The molecule has 0 unspecified atom stereocenters. The third kappa shape index (κ3) is 51.7. The zero-order valence-corrected chi connectivity index (χ0v) is 18.1. The molecule has 0 aliphatic heterocycles. The summed E-state index contributed by atoms with van der Waals surface area (Å²) in [5.74, 6) is 0. The topological polar surface area (TPSA) is 15.8 Å². The van der Waals surface area contributed by atoms with Gasteiger partial charge >= 0.3 is 0 Å². The fourth-order valence-electron chi connectivity index (χ4n) is 0.581. The first-order chi connectivity index (χ1) is 5.00. The van der Waals surface area contributed by atoms with Gasteiger partial charge in [-0.3, -0.25) is 6.08 Å². The van der Waals surface area contributed by atoms with Gasteiger partial charge in [-0.1, -0.05) is 0 Å².